The molecule has 0 aliphatic carbocycles. The number of ether oxygens (including phenoxy) is 1. The van der Waals surface area contributed by atoms with Crippen molar-refractivity contribution in [2.24, 2.45) is 0 Å². The van der Waals surface area contributed by atoms with Crippen molar-refractivity contribution in [3.05, 3.63) is 58.9 Å². The van der Waals surface area contributed by atoms with E-state index in [0.29, 0.717) is 11.3 Å². The minimum absolute atomic E-state index is 0.0355. The Labute approximate surface area is 163 Å². The van der Waals surface area contributed by atoms with E-state index in [2.05, 4.69) is 0 Å². The number of sulfonamides is 1. The molecule has 146 valence electrons. The maximum atomic E-state index is 13.7. The molecule has 2 aromatic carbocycles. The molecular formula is C18H20ClFN2O4S. The van der Waals surface area contributed by atoms with E-state index in [4.69, 9.17) is 16.3 Å². The zero-order valence-electron chi connectivity index (χ0n) is 15.1. The Kier molecular flexibility index (Phi) is 6.80. The van der Waals surface area contributed by atoms with Crippen molar-refractivity contribution in [1.29, 1.82) is 0 Å². The number of amides is 1. The highest BCUT2D eigenvalue weighted by atomic mass is 35.5. The molecule has 0 fully saturated rings. The number of likely N-dealkylation sites (N-methyl/N-ethyl adjacent to an activating group) is 2. The number of nitrogens with zero attached hydrogens (tertiary/aromatic N) is 2. The predicted molar refractivity (Wildman–Crippen MR) is 101 cm³/mol. The molecule has 0 aliphatic rings. The van der Waals surface area contributed by atoms with Gasteiger partial charge in [0.2, 0.25) is 15.9 Å². The summed E-state index contributed by atoms with van der Waals surface area (Å²) in [6, 6.07) is 10.2. The lowest BCUT2D eigenvalue weighted by molar-refractivity contribution is -0.130. The number of halogens is 2. The van der Waals surface area contributed by atoms with Crippen molar-refractivity contribution in [2.45, 2.75) is 11.4 Å². The van der Waals surface area contributed by atoms with Gasteiger partial charge in [0.05, 0.1) is 23.6 Å². The monoisotopic (exact) mass is 414 g/mol. The molecule has 0 heterocycles. The molecule has 0 saturated carbocycles. The van der Waals surface area contributed by atoms with E-state index in [9.17, 15) is 17.6 Å². The minimum Gasteiger partial charge on any atom is -0.495 e. The quantitative estimate of drug-likeness (QED) is 0.698. The molecule has 6 nitrogen and oxygen atoms in total. The van der Waals surface area contributed by atoms with Crippen LogP contribution >= 0.6 is 11.6 Å². The number of methoxy groups -OCH3 is 1. The van der Waals surface area contributed by atoms with Crippen LogP contribution in [0, 0.1) is 5.82 Å². The standard InChI is InChI=1S/C18H20ClFN2O4S/c1-21(11-13-6-4-5-7-16(13)20)18(23)12-22(2)27(24,25)14-8-9-17(26-3)15(19)10-14/h4-10H,11-12H2,1-3H3. The molecule has 0 saturated heterocycles. The molecule has 0 spiro atoms. The molecule has 2 rings (SSSR count). The van der Waals surface area contributed by atoms with Crippen LogP contribution in [0.15, 0.2) is 47.4 Å². The molecule has 0 radical (unpaired) electrons. The van der Waals surface area contributed by atoms with E-state index >= 15 is 0 Å². The lowest BCUT2D eigenvalue weighted by atomic mass is 10.2. The van der Waals surface area contributed by atoms with E-state index in [1.165, 1.54) is 50.4 Å². The smallest absolute Gasteiger partial charge is 0.243 e. The summed E-state index contributed by atoms with van der Waals surface area (Å²) in [7, 11) is 0.277. The van der Waals surface area contributed by atoms with Gasteiger partial charge in [0.25, 0.3) is 0 Å². The summed E-state index contributed by atoms with van der Waals surface area (Å²) in [5.41, 5.74) is 0.348. The van der Waals surface area contributed by atoms with Crippen LogP contribution in [0.1, 0.15) is 5.56 Å². The third-order valence-electron chi connectivity index (χ3n) is 3.98. The van der Waals surface area contributed by atoms with Gasteiger partial charge in [-0.3, -0.25) is 4.79 Å². The molecule has 0 N–H and O–H groups in total. The average molecular weight is 415 g/mol. The van der Waals surface area contributed by atoms with Crippen LogP contribution in [0.3, 0.4) is 0 Å². The van der Waals surface area contributed by atoms with Crippen LogP contribution in [0.2, 0.25) is 5.02 Å². The largest absolute Gasteiger partial charge is 0.495 e. The van der Waals surface area contributed by atoms with Gasteiger partial charge in [-0.1, -0.05) is 29.8 Å². The average Bonchev–Trinajstić information content (AvgIpc) is 2.63. The summed E-state index contributed by atoms with van der Waals surface area (Å²) in [6.45, 7) is -0.356. The van der Waals surface area contributed by atoms with Gasteiger partial charge in [-0.15, -0.1) is 0 Å². The SMILES string of the molecule is COc1ccc(S(=O)(=O)N(C)CC(=O)N(C)Cc2ccccc2F)cc1Cl. The van der Waals surface area contributed by atoms with E-state index in [1.807, 2.05) is 0 Å². The fourth-order valence-electron chi connectivity index (χ4n) is 2.35. The number of benzene rings is 2. The zero-order chi connectivity index (χ0) is 20.2. The van der Waals surface area contributed by atoms with Crippen LogP contribution in [-0.2, 0) is 21.4 Å². The number of hydrogen-bond donors (Lipinski definition) is 0. The molecule has 1 amide bonds. The van der Waals surface area contributed by atoms with Crippen LogP contribution < -0.4 is 4.74 Å². The Morgan fingerprint density at radius 3 is 2.44 bits per heavy atom. The maximum Gasteiger partial charge on any atom is 0.243 e. The summed E-state index contributed by atoms with van der Waals surface area (Å²) >= 11 is 5.98. The Bertz CT molecular complexity index is 937. The van der Waals surface area contributed by atoms with Crippen molar-refractivity contribution in [1.82, 2.24) is 9.21 Å². The van der Waals surface area contributed by atoms with Crippen molar-refractivity contribution in [2.75, 3.05) is 27.7 Å². The second-order valence-corrected chi connectivity index (χ2v) is 8.35. The van der Waals surface area contributed by atoms with Crippen molar-refractivity contribution >= 4 is 27.5 Å². The first kappa shape index (κ1) is 21.1. The highest BCUT2D eigenvalue weighted by Crippen LogP contribution is 2.28. The summed E-state index contributed by atoms with van der Waals surface area (Å²) in [4.78, 5) is 13.6. The third-order valence-corrected chi connectivity index (χ3v) is 6.08. The van der Waals surface area contributed by atoms with Crippen molar-refractivity contribution < 1.29 is 22.3 Å². The van der Waals surface area contributed by atoms with Gasteiger partial charge in [-0.2, -0.15) is 4.31 Å². The molecule has 0 atom stereocenters. The van der Waals surface area contributed by atoms with E-state index in [-0.39, 0.29) is 16.5 Å². The van der Waals surface area contributed by atoms with E-state index < -0.39 is 28.3 Å². The molecule has 0 aliphatic heterocycles. The third kappa shape index (κ3) is 4.97. The lowest BCUT2D eigenvalue weighted by Gasteiger charge is -2.22. The van der Waals surface area contributed by atoms with Crippen LogP contribution in [0.25, 0.3) is 0 Å². The molecule has 27 heavy (non-hydrogen) atoms. The Balaban J connectivity index is 2.10. The second kappa shape index (κ2) is 8.69. The first-order valence-corrected chi connectivity index (χ1v) is 9.76. The van der Waals surface area contributed by atoms with Crippen LogP contribution in [0.5, 0.6) is 5.75 Å². The minimum atomic E-state index is -3.92. The first-order chi connectivity index (χ1) is 12.7. The van der Waals surface area contributed by atoms with Gasteiger partial charge in [0.15, 0.2) is 0 Å². The van der Waals surface area contributed by atoms with Crippen molar-refractivity contribution in [3.8, 4) is 5.75 Å². The van der Waals surface area contributed by atoms with Gasteiger partial charge in [0.1, 0.15) is 11.6 Å². The first-order valence-electron chi connectivity index (χ1n) is 7.94. The molecule has 9 heteroatoms. The van der Waals surface area contributed by atoms with Gasteiger partial charge in [0, 0.05) is 26.2 Å². The summed E-state index contributed by atoms with van der Waals surface area (Å²) < 4.78 is 44.9. The van der Waals surface area contributed by atoms with Crippen molar-refractivity contribution in [3.63, 3.8) is 0 Å². The highest BCUT2D eigenvalue weighted by Gasteiger charge is 2.25. The summed E-state index contributed by atoms with van der Waals surface area (Å²) in [6.07, 6.45) is 0. The second-order valence-electron chi connectivity index (χ2n) is 5.90. The topological polar surface area (TPSA) is 66.9 Å². The number of carbonyl (C=O) groups is 1. The summed E-state index contributed by atoms with van der Waals surface area (Å²) in [5, 5.41) is 0.148. The highest BCUT2D eigenvalue weighted by molar-refractivity contribution is 7.89. The number of carbonyl (C=O) groups excluding carboxylic acids is 1. The molecule has 0 aromatic heterocycles. The number of rotatable bonds is 7. The molecule has 2 aromatic rings. The molecular weight excluding hydrogens is 395 g/mol. The molecule has 0 unspecified atom stereocenters. The molecule has 0 bridgehead atoms. The maximum absolute atomic E-state index is 13.7. The Hall–Kier alpha value is -2.16. The van der Waals surface area contributed by atoms with E-state index in [1.54, 1.807) is 18.2 Å². The van der Waals surface area contributed by atoms with Gasteiger partial charge in [-0.05, 0) is 24.3 Å². The van der Waals surface area contributed by atoms with Gasteiger partial charge >= 0.3 is 0 Å². The Morgan fingerprint density at radius 1 is 1.19 bits per heavy atom. The Morgan fingerprint density at radius 2 is 1.85 bits per heavy atom. The number of hydrogen-bond acceptors (Lipinski definition) is 4. The van der Waals surface area contributed by atoms with Gasteiger partial charge < -0.3 is 9.64 Å². The fraction of sp³-hybridized carbons (Fsp3) is 0.278. The zero-order valence-corrected chi connectivity index (χ0v) is 16.7. The fourth-order valence-corrected chi connectivity index (χ4v) is 3.82. The predicted octanol–water partition coefficient (Wildman–Crippen LogP) is 2.77. The normalized spacial score (nSPS) is 11.5. The van der Waals surface area contributed by atoms with E-state index in [0.717, 1.165) is 4.31 Å². The van der Waals surface area contributed by atoms with Gasteiger partial charge in [-0.25, -0.2) is 12.8 Å². The lowest BCUT2D eigenvalue weighted by Crippen LogP contribution is -2.39. The van der Waals surface area contributed by atoms with Crippen LogP contribution in [0.4, 0.5) is 4.39 Å². The van der Waals surface area contributed by atoms with Crippen LogP contribution in [-0.4, -0.2) is 51.3 Å². The summed E-state index contributed by atoms with van der Waals surface area (Å²) in [5.74, 6) is -0.547.